The Bertz CT molecular complexity index is 1280. The second kappa shape index (κ2) is 18.6. The number of hydrogen-bond donors (Lipinski definition) is 1. The van der Waals surface area contributed by atoms with Gasteiger partial charge in [0.1, 0.15) is 30.1 Å². The van der Waals surface area contributed by atoms with Crippen LogP contribution in [0.5, 0.6) is 11.8 Å². The van der Waals surface area contributed by atoms with Crippen molar-refractivity contribution in [2.45, 2.75) is 93.3 Å². The Morgan fingerprint density at radius 2 is 1.17 bits per heavy atom. The van der Waals surface area contributed by atoms with E-state index in [1.807, 2.05) is 62.3 Å². The van der Waals surface area contributed by atoms with Crippen LogP contribution in [-0.4, -0.2) is 87.5 Å². The highest BCUT2D eigenvalue weighted by Gasteiger charge is 2.23. The lowest BCUT2D eigenvalue weighted by molar-refractivity contribution is -0.385. The number of hydrogen-bond acceptors (Lipinski definition) is 11. The molecule has 258 valence electrons. The van der Waals surface area contributed by atoms with Gasteiger partial charge in [0.25, 0.3) is 5.69 Å². The Morgan fingerprint density at radius 3 is 1.52 bits per heavy atom. The van der Waals surface area contributed by atoms with Crippen molar-refractivity contribution in [2.24, 2.45) is 0 Å². The van der Waals surface area contributed by atoms with Crippen molar-refractivity contribution in [3.05, 3.63) is 45.8 Å². The molecule has 2 amide bonds. The minimum absolute atomic E-state index is 0.0521. The first-order chi connectivity index (χ1) is 21.4. The molecule has 0 fully saturated rings. The number of nitrogens with zero attached hydrogens (tertiary/aromatic N) is 5. The van der Waals surface area contributed by atoms with Crippen LogP contribution < -0.4 is 15.2 Å². The number of pyridine rings is 2. The van der Waals surface area contributed by atoms with E-state index in [4.69, 9.17) is 24.7 Å². The number of nitrogen functional groups attached to an aromatic ring is 1. The third-order valence-electron chi connectivity index (χ3n) is 5.84. The predicted molar refractivity (Wildman–Crippen MR) is 176 cm³/mol. The summed E-state index contributed by atoms with van der Waals surface area (Å²) in [6, 6.07) is 6.29. The van der Waals surface area contributed by atoms with Gasteiger partial charge in [-0.05, 0) is 74.3 Å². The van der Waals surface area contributed by atoms with Gasteiger partial charge in [-0.3, -0.25) is 10.1 Å². The molecule has 0 aliphatic carbocycles. The molecular formula is C32H52N6O8. The minimum atomic E-state index is -0.555. The molecule has 46 heavy (non-hydrogen) atoms. The monoisotopic (exact) mass is 648 g/mol. The number of carbonyl (C=O) groups is 2. The van der Waals surface area contributed by atoms with Crippen LogP contribution in [0.25, 0.3) is 0 Å². The second-order valence-corrected chi connectivity index (χ2v) is 12.5. The molecule has 0 aliphatic rings. The number of aromatic nitrogens is 2. The van der Waals surface area contributed by atoms with Crippen LogP contribution in [0.15, 0.2) is 24.3 Å². The molecule has 14 nitrogen and oxygen atoms in total. The van der Waals surface area contributed by atoms with E-state index in [1.165, 1.54) is 12.1 Å². The molecule has 0 atom stereocenters. The van der Waals surface area contributed by atoms with Gasteiger partial charge in [0.15, 0.2) is 0 Å². The zero-order valence-electron chi connectivity index (χ0n) is 29.0. The SMILES string of the molecule is CCCN(CCOc1ccc(N)c(C)n1)C(=O)OC(C)(C)C.CCCN(CCOc1ccc([N+](=O)[O-])c(C)n1)C(=O)OC(C)(C)C. The Labute approximate surface area is 272 Å². The highest BCUT2D eigenvalue weighted by molar-refractivity contribution is 5.68. The van der Waals surface area contributed by atoms with Gasteiger partial charge in [0, 0.05) is 31.3 Å². The lowest BCUT2D eigenvalue weighted by Crippen LogP contribution is -2.39. The summed E-state index contributed by atoms with van der Waals surface area (Å²) in [5, 5.41) is 10.8. The molecule has 0 saturated heterocycles. The third-order valence-corrected chi connectivity index (χ3v) is 5.84. The molecule has 2 heterocycles. The number of aryl methyl sites for hydroxylation is 2. The van der Waals surface area contributed by atoms with E-state index in [-0.39, 0.29) is 30.2 Å². The third kappa shape index (κ3) is 15.6. The van der Waals surface area contributed by atoms with Crippen LogP contribution in [0.3, 0.4) is 0 Å². The smallest absolute Gasteiger partial charge is 0.410 e. The first-order valence-electron chi connectivity index (χ1n) is 15.4. The molecule has 2 aromatic heterocycles. The van der Waals surface area contributed by atoms with Crippen LogP contribution in [0, 0.1) is 24.0 Å². The number of ether oxygens (including phenoxy) is 4. The number of amides is 2. The van der Waals surface area contributed by atoms with Gasteiger partial charge >= 0.3 is 12.2 Å². The van der Waals surface area contributed by atoms with Crippen molar-refractivity contribution in [1.82, 2.24) is 19.8 Å². The van der Waals surface area contributed by atoms with Gasteiger partial charge in [0.2, 0.25) is 11.8 Å². The maximum Gasteiger partial charge on any atom is 0.410 e. The molecule has 2 N–H and O–H groups in total. The van der Waals surface area contributed by atoms with E-state index >= 15 is 0 Å². The molecule has 2 rings (SSSR count). The fourth-order valence-corrected chi connectivity index (χ4v) is 3.74. The highest BCUT2D eigenvalue weighted by Crippen LogP contribution is 2.19. The predicted octanol–water partition coefficient (Wildman–Crippen LogP) is 6.32. The van der Waals surface area contributed by atoms with Crippen LogP contribution in [0.2, 0.25) is 0 Å². The van der Waals surface area contributed by atoms with Crippen molar-refractivity contribution in [1.29, 1.82) is 0 Å². The van der Waals surface area contributed by atoms with E-state index in [9.17, 15) is 19.7 Å². The summed E-state index contributed by atoms with van der Waals surface area (Å²) in [7, 11) is 0. The quantitative estimate of drug-likeness (QED) is 0.190. The zero-order valence-corrected chi connectivity index (χ0v) is 29.0. The van der Waals surface area contributed by atoms with Crippen molar-refractivity contribution < 1.29 is 33.5 Å². The molecule has 0 aliphatic heterocycles. The van der Waals surface area contributed by atoms with Gasteiger partial charge in [-0.2, -0.15) is 0 Å². The Balaban J connectivity index is 0.000000462. The van der Waals surface area contributed by atoms with E-state index in [2.05, 4.69) is 9.97 Å². The number of nitrogens with two attached hydrogens (primary N) is 1. The van der Waals surface area contributed by atoms with Crippen LogP contribution in [-0.2, 0) is 9.47 Å². The van der Waals surface area contributed by atoms with Gasteiger partial charge in [0.05, 0.1) is 29.4 Å². The summed E-state index contributed by atoms with van der Waals surface area (Å²) < 4.78 is 21.8. The summed E-state index contributed by atoms with van der Waals surface area (Å²) >= 11 is 0. The highest BCUT2D eigenvalue weighted by atomic mass is 16.6. The Hall–Kier alpha value is -4.36. The van der Waals surface area contributed by atoms with Gasteiger partial charge < -0.3 is 34.5 Å². The molecule has 0 spiro atoms. The number of carbonyl (C=O) groups excluding carboxylic acids is 2. The molecule has 2 aromatic rings. The maximum absolute atomic E-state index is 12.1. The molecule has 0 unspecified atom stereocenters. The number of nitro groups is 1. The fraction of sp³-hybridized carbons (Fsp3) is 0.625. The van der Waals surface area contributed by atoms with Crippen molar-refractivity contribution in [3.8, 4) is 11.8 Å². The Morgan fingerprint density at radius 1 is 0.761 bits per heavy atom. The van der Waals surface area contributed by atoms with E-state index in [0.717, 1.165) is 18.5 Å². The lowest BCUT2D eigenvalue weighted by Gasteiger charge is -2.27. The standard InChI is InChI=1S/C16H25N3O5.C16H27N3O3/c1-6-9-18(15(20)24-16(3,4)5)10-11-23-14-8-7-13(19(21)22)12(2)17-14;1-6-9-19(15(20)22-16(3,4)5)10-11-21-14-8-7-13(17)12(2)18-14/h7-8H,6,9-11H2,1-5H3;7-8H,6,9-11,17H2,1-5H3. The van der Waals surface area contributed by atoms with Crippen LogP contribution >= 0.6 is 0 Å². The minimum Gasteiger partial charge on any atom is -0.476 e. The molecule has 0 radical (unpaired) electrons. The molecular weight excluding hydrogens is 596 g/mol. The summed E-state index contributed by atoms with van der Waals surface area (Å²) in [5.74, 6) is 0.797. The average molecular weight is 649 g/mol. The molecule has 0 saturated carbocycles. The van der Waals surface area contributed by atoms with Crippen molar-refractivity contribution in [3.63, 3.8) is 0 Å². The van der Waals surface area contributed by atoms with Crippen LogP contribution in [0.1, 0.15) is 79.6 Å². The zero-order chi connectivity index (χ0) is 35.1. The van der Waals surface area contributed by atoms with Gasteiger partial charge in [-0.25, -0.2) is 19.6 Å². The maximum atomic E-state index is 12.1. The number of rotatable bonds is 13. The van der Waals surface area contributed by atoms with E-state index in [1.54, 1.807) is 28.9 Å². The number of anilines is 1. The normalized spacial score (nSPS) is 11.1. The van der Waals surface area contributed by atoms with Crippen molar-refractivity contribution >= 4 is 23.6 Å². The van der Waals surface area contributed by atoms with Gasteiger partial charge in [-0.1, -0.05) is 13.8 Å². The van der Waals surface area contributed by atoms with E-state index in [0.29, 0.717) is 50.2 Å². The molecule has 14 heteroatoms. The first kappa shape index (κ1) is 39.7. The average Bonchev–Trinajstić information content (AvgIpc) is 2.92. The van der Waals surface area contributed by atoms with Gasteiger partial charge in [-0.15, -0.1) is 0 Å². The second-order valence-electron chi connectivity index (χ2n) is 12.5. The topological polar surface area (TPSA) is 172 Å². The molecule has 0 bridgehead atoms. The summed E-state index contributed by atoms with van der Waals surface area (Å²) in [4.78, 5) is 46.0. The summed E-state index contributed by atoms with van der Waals surface area (Å²) in [6.45, 7) is 20.9. The fourth-order valence-electron chi connectivity index (χ4n) is 3.74. The Kier molecular flexibility index (Phi) is 16.0. The largest absolute Gasteiger partial charge is 0.476 e. The van der Waals surface area contributed by atoms with Crippen molar-refractivity contribution in [2.75, 3.05) is 45.1 Å². The van der Waals surface area contributed by atoms with E-state index < -0.39 is 16.1 Å². The summed E-state index contributed by atoms with van der Waals surface area (Å²) in [6.07, 6.45) is 0.951. The lowest BCUT2D eigenvalue weighted by atomic mass is 10.2. The molecule has 0 aromatic carbocycles. The first-order valence-corrected chi connectivity index (χ1v) is 15.4. The summed E-state index contributed by atoms with van der Waals surface area (Å²) in [5.41, 5.74) is 6.26. The van der Waals surface area contributed by atoms with Crippen LogP contribution in [0.4, 0.5) is 21.0 Å².